The van der Waals surface area contributed by atoms with E-state index in [4.69, 9.17) is 9.51 Å². The molecule has 2 aromatic heterocycles. The first-order valence-electron chi connectivity index (χ1n) is 8.91. The van der Waals surface area contributed by atoms with Crippen LogP contribution in [0.4, 0.5) is 0 Å². The van der Waals surface area contributed by atoms with E-state index in [-0.39, 0.29) is 24.0 Å². The number of aliphatic imine (C=N–C) groups is 1. The van der Waals surface area contributed by atoms with E-state index in [0.717, 1.165) is 30.4 Å². The molecule has 0 spiro atoms. The van der Waals surface area contributed by atoms with E-state index in [1.165, 1.54) is 34.8 Å². The molecular formula is C18H28IN5OS. The van der Waals surface area contributed by atoms with Gasteiger partial charge in [-0.15, -0.1) is 35.3 Å². The Morgan fingerprint density at radius 1 is 1.38 bits per heavy atom. The van der Waals surface area contributed by atoms with Crippen molar-refractivity contribution in [2.45, 2.75) is 58.5 Å². The predicted octanol–water partition coefficient (Wildman–Crippen LogP) is 3.96. The molecule has 0 bridgehead atoms. The molecule has 0 aromatic carbocycles. The molecule has 26 heavy (non-hydrogen) atoms. The Hall–Kier alpha value is -1.16. The Kier molecular flexibility index (Phi) is 7.87. The summed E-state index contributed by atoms with van der Waals surface area (Å²) in [7, 11) is 3.83. The molecule has 0 aliphatic heterocycles. The van der Waals surface area contributed by atoms with Gasteiger partial charge in [-0.3, -0.25) is 4.99 Å². The summed E-state index contributed by atoms with van der Waals surface area (Å²) in [5.74, 6) is 2.02. The van der Waals surface area contributed by atoms with Gasteiger partial charge in [-0.05, 0) is 31.6 Å². The van der Waals surface area contributed by atoms with Gasteiger partial charge in [-0.1, -0.05) is 19.0 Å². The molecule has 1 N–H and O–H groups in total. The van der Waals surface area contributed by atoms with Crippen LogP contribution in [0.15, 0.2) is 15.6 Å². The number of guanidine groups is 1. The Morgan fingerprint density at radius 2 is 2.15 bits per heavy atom. The molecule has 0 saturated carbocycles. The fourth-order valence-corrected chi connectivity index (χ4v) is 4.20. The largest absolute Gasteiger partial charge is 0.359 e. The van der Waals surface area contributed by atoms with E-state index in [0.29, 0.717) is 12.5 Å². The molecule has 0 saturated heterocycles. The van der Waals surface area contributed by atoms with Crippen molar-refractivity contribution in [1.82, 2.24) is 20.4 Å². The molecule has 1 aliphatic rings. The lowest BCUT2D eigenvalue weighted by molar-refractivity contribution is 0.368. The van der Waals surface area contributed by atoms with Crippen molar-refractivity contribution in [2.24, 2.45) is 4.99 Å². The highest BCUT2D eigenvalue weighted by atomic mass is 127. The van der Waals surface area contributed by atoms with Gasteiger partial charge in [-0.2, -0.15) is 0 Å². The lowest BCUT2D eigenvalue weighted by Crippen LogP contribution is -2.37. The van der Waals surface area contributed by atoms with Crippen molar-refractivity contribution in [2.75, 3.05) is 14.1 Å². The number of nitrogens with zero attached hydrogens (tertiary/aromatic N) is 4. The van der Waals surface area contributed by atoms with Crippen LogP contribution in [0.5, 0.6) is 0 Å². The number of aromatic nitrogens is 2. The summed E-state index contributed by atoms with van der Waals surface area (Å²) in [4.78, 5) is 12.8. The number of rotatable bonds is 5. The molecule has 0 atom stereocenters. The average Bonchev–Trinajstić information content (AvgIpc) is 3.21. The molecule has 3 rings (SSSR count). The van der Waals surface area contributed by atoms with Gasteiger partial charge in [0.25, 0.3) is 0 Å². The number of nitrogens with one attached hydrogen (secondary N) is 1. The molecule has 0 unspecified atom stereocenters. The zero-order valence-electron chi connectivity index (χ0n) is 15.9. The minimum atomic E-state index is 0. The van der Waals surface area contributed by atoms with Crippen molar-refractivity contribution in [3.63, 3.8) is 0 Å². The molecule has 0 radical (unpaired) electrons. The SMILES string of the molecule is CN=C(NCc1cc(C(C)C)no1)N(C)Cc1nc2c(s1)CCCC2.I. The highest BCUT2D eigenvalue weighted by Crippen LogP contribution is 2.27. The first kappa shape index (κ1) is 21.1. The molecule has 6 nitrogen and oxygen atoms in total. The molecule has 2 heterocycles. The van der Waals surface area contributed by atoms with Gasteiger partial charge in [0.05, 0.1) is 24.5 Å². The maximum absolute atomic E-state index is 5.38. The van der Waals surface area contributed by atoms with E-state index >= 15 is 0 Å². The van der Waals surface area contributed by atoms with Crippen LogP contribution in [-0.4, -0.2) is 35.1 Å². The minimum Gasteiger partial charge on any atom is -0.359 e. The normalized spacial score (nSPS) is 14.1. The quantitative estimate of drug-likeness (QED) is 0.392. The summed E-state index contributed by atoms with van der Waals surface area (Å²) in [6.45, 7) is 5.56. The van der Waals surface area contributed by atoms with E-state index in [2.05, 4.69) is 34.2 Å². The lowest BCUT2D eigenvalue weighted by Gasteiger charge is -2.20. The van der Waals surface area contributed by atoms with Crippen molar-refractivity contribution in [1.29, 1.82) is 0 Å². The van der Waals surface area contributed by atoms with Crippen molar-refractivity contribution in [3.8, 4) is 0 Å². The van der Waals surface area contributed by atoms with Crippen molar-refractivity contribution >= 4 is 41.3 Å². The Bertz CT molecular complexity index is 716. The second kappa shape index (κ2) is 9.68. The Balaban J connectivity index is 0.00000243. The van der Waals surface area contributed by atoms with Crippen LogP contribution in [-0.2, 0) is 25.9 Å². The molecule has 144 valence electrons. The second-order valence-electron chi connectivity index (χ2n) is 6.81. The number of thiazole rings is 1. The summed E-state index contributed by atoms with van der Waals surface area (Å²) >= 11 is 1.85. The van der Waals surface area contributed by atoms with Gasteiger partial charge < -0.3 is 14.7 Å². The van der Waals surface area contributed by atoms with Crippen molar-refractivity contribution in [3.05, 3.63) is 33.1 Å². The van der Waals surface area contributed by atoms with E-state index in [9.17, 15) is 0 Å². The number of hydrogen-bond acceptors (Lipinski definition) is 5. The molecule has 1 aliphatic carbocycles. The van der Waals surface area contributed by atoms with Crippen LogP contribution in [0.1, 0.15) is 59.6 Å². The van der Waals surface area contributed by atoms with Gasteiger partial charge in [0.1, 0.15) is 5.01 Å². The van der Waals surface area contributed by atoms with Crippen LogP contribution >= 0.6 is 35.3 Å². The molecular weight excluding hydrogens is 461 g/mol. The molecule has 8 heteroatoms. The Labute approximate surface area is 176 Å². The summed E-state index contributed by atoms with van der Waals surface area (Å²) in [6, 6.07) is 2.00. The van der Waals surface area contributed by atoms with Crippen LogP contribution < -0.4 is 5.32 Å². The van der Waals surface area contributed by atoms with E-state index in [1.54, 1.807) is 7.05 Å². The summed E-state index contributed by atoms with van der Waals surface area (Å²) < 4.78 is 5.38. The fourth-order valence-electron chi connectivity index (χ4n) is 2.99. The van der Waals surface area contributed by atoms with E-state index in [1.807, 2.05) is 24.5 Å². The predicted molar refractivity (Wildman–Crippen MR) is 116 cm³/mol. The fraction of sp³-hybridized carbons (Fsp3) is 0.611. The highest BCUT2D eigenvalue weighted by molar-refractivity contribution is 14.0. The third kappa shape index (κ3) is 5.18. The summed E-state index contributed by atoms with van der Waals surface area (Å²) in [6.07, 6.45) is 4.88. The second-order valence-corrected chi connectivity index (χ2v) is 7.98. The maximum Gasteiger partial charge on any atom is 0.194 e. The standard InChI is InChI=1S/C18H27N5OS.HI/c1-12(2)15-9-13(24-22-15)10-20-18(19-3)23(4)11-17-21-14-7-5-6-8-16(14)25-17;/h9,12H,5-8,10-11H2,1-4H3,(H,19,20);1H. The zero-order valence-corrected chi connectivity index (χ0v) is 19.1. The van der Waals surface area contributed by atoms with Gasteiger partial charge in [-0.25, -0.2) is 4.98 Å². The lowest BCUT2D eigenvalue weighted by atomic mass is 10.0. The number of halogens is 1. The van der Waals surface area contributed by atoms with Crippen molar-refractivity contribution < 1.29 is 4.52 Å². The van der Waals surface area contributed by atoms with Crippen LogP contribution in [0, 0.1) is 0 Å². The number of fused-ring (bicyclic) bond motifs is 1. The summed E-state index contributed by atoms with van der Waals surface area (Å²) in [5, 5.41) is 8.60. The molecule has 0 amide bonds. The van der Waals surface area contributed by atoms with Crippen LogP contribution in [0.25, 0.3) is 0 Å². The van der Waals surface area contributed by atoms with Gasteiger partial charge >= 0.3 is 0 Å². The molecule has 2 aromatic rings. The third-order valence-corrected chi connectivity index (χ3v) is 5.57. The number of hydrogen-bond donors (Lipinski definition) is 1. The van der Waals surface area contributed by atoms with Gasteiger partial charge in [0.2, 0.25) is 0 Å². The first-order chi connectivity index (χ1) is 12.1. The zero-order chi connectivity index (χ0) is 17.8. The smallest absolute Gasteiger partial charge is 0.194 e. The maximum atomic E-state index is 5.38. The van der Waals surface area contributed by atoms with Gasteiger partial charge in [0.15, 0.2) is 11.7 Å². The minimum absolute atomic E-state index is 0. The van der Waals surface area contributed by atoms with E-state index < -0.39 is 0 Å². The van der Waals surface area contributed by atoms with Gasteiger partial charge in [0, 0.05) is 25.0 Å². The topological polar surface area (TPSA) is 66.6 Å². The number of aryl methyl sites for hydroxylation is 2. The Morgan fingerprint density at radius 3 is 2.81 bits per heavy atom. The average molecular weight is 489 g/mol. The van der Waals surface area contributed by atoms with Crippen LogP contribution in [0.2, 0.25) is 0 Å². The monoisotopic (exact) mass is 489 g/mol. The third-order valence-electron chi connectivity index (χ3n) is 4.43. The summed E-state index contributed by atoms with van der Waals surface area (Å²) in [5.41, 5.74) is 2.29. The highest BCUT2D eigenvalue weighted by Gasteiger charge is 2.17. The molecule has 0 fully saturated rings. The van der Waals surface area contributed by atoms with Crippen LogP contribution in [0.3, 0.4) is 0 Å². The first-order valence-corrected chi connectivity index (χ1v) is 9.73.